The molecule has 0 unspecified atom stereocenters. The smallest absolute Gasteiger partial charge is 0.328 e. The number of amides is 1. The van der Waals surface area contributed by atoms with Gasteiger partial charge in [0.05, 0.1) is 0 Å². The number of rotatable bonds is 5. The summed E-state index contributed by atoms with van der Waals surface area (Å²) in [7, 11) is 0. The van der Waals surface area contributed by atoms with Crippen LogP contribution in [0.25, 0.3) is 6.08 Å². The first-order valence-corrected chi connectivity index (χ1v) is 6.69. The topological polar surface area (TPSA) is 66.4 Å². The summed E-state index contributed by atoms with van der Waals surface area (Å²) in [6, 6.07) is 5.27. The van der Waals surface area contributed by atoms with Crippen molar-refractivity contribution in [2.45, 2.75) is 26.7 Å². The number of aryl methyl sites for hydroxylation is 1. The Morgan fingerprint density at radius 2 is 2.10 bits per heavy atom. The minimum Gasteiger partial charge on any atom is -0.478 e. The maximum atomic E-state index is 12.0. The lowest BCUT2D eigenvalue weighted by atomic mass is 10.0. The predicted octanol–water partition coefficient (Wildman–Crippen LogP) is 2.62. The van der Waals surface area contributed by atoms with Gasteiger partial charge in [0.15, 0.2) is 0 Å². The molecule has 0 aromatic heterocycles. The second kappa shape index (κ2) is 5.49. The highest BCUT2D eigenvalue weighted by molar-refractivity contribution is 5.95. The number of hydrogen-bond acceptors (Lipinski definition) is 2. The summed E-state index contributed by atoms with van der Waals surface area (Å²) in [5, 5.41) is 11.6. The zero-order valence-electron chi connectivity index (χ0n) is 11.8. The molecule has 1 aliphatic rings. The van der Waals surface area contributed by atoms with Crippen LogP contribution in [0.5, 0.6) is 0 Å². The van der Waals surface area contributed by atoms with Crippen LogP contribution >= 0.6 is 0 Å². The zero-order valence-corrected chi connectivity index (χ0v) is 11.8. The summed E-state index contributed by atoms with van der Waals surface area (Å²) in [5.74, 6) is -1.06. The molecule has 0 bridgehead atoms. The van der Waals surface area contributed by atoms with Gasteiger partial charge in [-0.1, -0.05) is 13.0 Å². The van der Waals surface area contributed by atoms with E-state index < -0.39 is 5.97 Å². The Morgan fingerprint density at radius 1 is 1.40 bits per heavy atom. The van der Waals surface area contributed by atoms with Crippen LogP contribution in [0.2, 0.25) is 0 Å². The molecule has 1 aromatic rings. The molecule has 1 aromatic carbocycles. The molecule has 106 valence electrons. The average Bonchev–Trinajstić information content (AvgIpc) is 3.13. The van der Waals surface area contributed by atoms with Gasteiger partial charge in [-0.3, -0.25) is 4.79 Å². The number of carbonyl (C=O) groups excluding carboxylic acids is 1. The summed E-state index contributed by atoms with van der Waals surface area (Å²) in [6.07, 6.45) is 4.97. The maximum absolute atomic E-state index is 12.0. The maximum Gasteiger partial charge on any atom is 0.328 e. The Morgan fingerprint density at radius 3 is 2.65 bits per heavy atom. The van der Waals surface area contributed by atoms with Gasteiger partial charge in [0.25, 0.3) is 5.91 Å². The van der Waals surface area contributed by atoms with Crippen molar-refractivity contribution >= 4 is 18.0 Å². The molecule has 20 heavy (non-hydrogen) atoms. The van der Waals surface area contributed by atoms with Crippen molar-refractivity contribution in [3.8, 4) is 0 Å². The Kier molecular flexibility index (Phi) is 3.93. The van der Waals surface area contributed by atoms with E-state index in [1.165, 1.54) is 18.9 Å². The minimum atomic E-state index is -0.983. The molecule has 0 aliphatic heterocycles. The van der Waals surface area contributed by atoms with Gasteiger partial charge < -0.3 is 10.4 Å². The van der Waals surface area contributed by atoms with Crippen molar-refractivity contribution in [3.05, 3.63) is 41.0 Å². The van der Waals surface area contributed by atoms with Crippen LogP contribution in [0.3, 0.4) is 0 Å². The Labute approximate surface area is 118 Å². The minimum absolute atomic E-state index is 0.0741. The van der Waals surface area contributed by atoms with Crippen LogP contribution in [0.15, 0.2) is 24.3 Å². The molecule has 2 N–H and O–H groups in total. The van der Waals surface area contributed by atoms with Gasteiger partial charge in [0.2, 0.25) is 0 Å². The molecular formula is C16H19NO3. The highest BCUT2D eigenvalue weighted by Gasteiger charge is 2.37. The predicted molar refractivity (Wildman–Crippen MR) is 77.5 cm³/mol. The largest absolute Gasteiger partial charge is 0.478 e. The molecule has 4 nitrogen and oxygen atoms in total. The van der Waals surface area contributed by atoms with Crippen LogP contribution in [-0.4, -0.2) is 23.5 Å². The van der Waals surface area contributed by atoms with Crippen LogP contribution in [0.1, 0.15) is 41.3 Å². The lowest BCUT2D eigenvalue weighted by Crippen LogP contribution is -2.29. The Balaban J connectivity index is 2.04. The number of aliphatic carboxylic acids is 1. The van der Waals surface area contributed by atoms with E-state index in [0.717, 1.165) is 17.2 Å². The molecule has 0 radical (unpaired) electrons. The van der Waals surface area contributed by atoms with E-state index in [4.69, 9.17) is 5.11 Å². The average molecular weight is 273 g/mol. The first kappa shape index (κ1) is 14.3. The van der Waals surface area contributed by atoms with Crippen LogP contribution in [0, 0.1) is 12.3 Å². The molecule has 0 heterocycles. The van der Waals surface area contributed by atoms with E-state index in [1.54, 1.807) is 18.2 Å². The van der Waals surface area contributed by atoms with E-state index in [1.807, 2.05) is 6.92 Å². The van der Waals surface area contributed by atoms with Crippen LogP contribution in [0.4, 0.5) is 0 Å². The van der Waals surface area contributed by atoms with Gasteiger partial charge in [0.1, 0.15) is 0 Å². The van der Waals surface area contributed by atoms with Crippen molar-refractivity contribution in [1.82, 2.24) is 5.32 Å². The van der Waals surface area contributed by atoms with Crippen molar-refractivity contribution in [3.63, 3.8) is 0 Å². The van der Waals surface area contributed by atoms with Crippen molar-refractivity contribution in [2.24, 2.45) is 5.41 Å². The lowest BCUT2D eigenvalue weighted by Gasteiger charge is -2.11. The van der Waals surface area contributed by atoms with Gasteiger partial charge in [-0.2, -0.15) is 0 Å². The van der Waals surface area contributed by atoms with Crippen molar-refractivity contribution in [1.29, 1.82) is 0 Å². The third kappa shape index (κ3) is 3.70. The van der Waals surface area contributed by atoms with E-state index in [2.05, 4.69) is 12.2 Å². The number of benzene rings is 1. The second-order valence-corrected chi connectivity index (χ2v) is 5.74. The fourth-order valence-corrected chi connectivity index (χ4v) is 1.95. The number of carbonyl (C=O) groups is 2. The molecule has 1 saturated carbocycles. The SMILES string of the molecule is Cc1cc(C(=O)NCC2(C)CC2)ccc1/C=C/C(=O)O. The molecule has 2 rings (SSSR count). The fourth-order valence-electron chi connectivity index (χ4n) is 1.95. The fraction of sp³-hybridized carbons (Fsp3) is 0.375. The van der Waals surface area contributed by atoms with E-state index in [9.17, 15) is 9.59 Å². The molecule has 0 spiro atoms. The highest BCUT2D eigenvalue weighted by atomic mass is 16.4. The molecule has 1 aliphatic carbocycles. The molecule has 1 fully saturated rings. The Bertz CT molecular complexity index is 571. The van der Waals surface area contributed by atoms with Crippen LogP contribution < -0.4 is 5.32 Å². The molecule has 4 heteroatoms. The van der Waals surface area contributed by atoms with Gasteiger partial charge >= 0.3 is 5.97 Å². The molecule has 0 atom stereocenters. The van der Waals surface area contributed by atoms with Crippen LogP contribution in [-0.2, 0) is 4.79 Å². The summed E-state index contributed by atoms with van der Waals surface area (Å²) in [4.78, 5) is 22.5. The summed E-state index contributed by atoms with van der Waals surface area (Å²) in [5.41, 5.74) is 2.58. The van der Waals surface area contributed by atoms with E-state index in [0.29, 0.717) is 12.1 Å². The summed E-state index contributed by atoms with van der Waals surface area (Å²) < 4.78 is 0. The molecule has 1 amide bonds. The number of carboxylic acids is 1. The van der Waals surface area contributed by atoms with Gasteiger partial charge in [-0.05, 0) is 54.5 Å². The third-order valence-electron chi connectivity index (χ3n) is 3.72. The molecular weight excluding hydrogens is 254 g/mol. The monoisotopic (exact) mass is 273 g/mol. The van der Waals surface area contributed by atoms with E-state index in [-0.39, 0.29) is 11.3 Å². The van der Waals surface area contributed by atoms with Gasteiger partial charge in [-0.25, -0.2) is 4.79 Å². The van der Waals surface area contributed by atoms with Crippen molar-refractivity contribution < 1.29 is 14.7 Å². The first-order chi connectivity index (χ1) is 9.39. The molecule has 0 saturated heterocycles. The standard InChI is InChI=1S/C16H19NO3/c1-11-9-13(4-3-12(11)5-6-14(18)19)15(20)17-10-16(2)7-8-16/h3-6,9H,7-8,10H2,1-2H3,(H,17,20)(H,18,19)/b6-5+. The second-order valence-electron chi connectivity index (χ2n) is 5.74. The zero-order chi connectivity index (χ0) is 14.8. The third-order valence-corrected chi connectivity index (χ3v) is 3.72. The number of carboxylic acid groups (broad SMARTS) is 1. The first-order valence-electron chi connectivity index (χ1n) is 6.69. The normalized spacial score (nSPS) is 16.1. The van der Waals surface area contributed by atoms with Crippen molar-refractivity contribution in [2.75, 3.05) is 6.54 Å². The highest BCUT2D eigenvalue weighted by Crippen LogP contribution is 2.44. The van der Waals surface area contributed by atoms with Gasteiger partial charge in [-0.15, -0.1) is 0 Å². The number of nitrogens with one attached hydrogen (secondary N) is 1. The Hall–Kier alpha value is -2.10. The quantitative estimate of drug-likeness (QED) is 0.810. The van der Waals surface area contributed by atoms with E-state index >= 15 is 0 Å². The summed E-state index contributed by atoms with van der Waals surface area (Å²) >= 11 is 0. The lowest BCUT2D eigenvalue weighted by molar-refractivity contribution is -0.131. The van der Waals surface area contributed by atoms with Gasteiger partial charge in [0, 0.05) is 18.2 Å². The number of hydrogen-bond donors (Lipinski definition) is 2. The summed E-state index contributed by atoms with van der Waals surface area (Å²) in [6.45, 7) is 4.74.